The van der Waals surface area contributed by atoms with E-state index >= 15 is 0 Å². The Morgan fingerprint density at radius 3 is 2.38 bits per heavy atom. The van der Waals surface area contributed by atoms with Crippen molar-refractivity contribution in [1.29, 1.82) is 0 Å². The maximum atomic E-state index is 13.2. The van der Waals surface area contributed by atoms with E-state index in [4.69, 9.17) is 19.2 Å². The number of aryl methyl sites for hydroxylation is 1. The van der Waals surface area contributed by atoms with Crippen LogP contribution in [-0.4, -0.2) is 68.3 Å². The number of aromatic nitrogens is 3. The summed E-state index contributed by atoms with van der Waals surface area (Å²) in [6.45, 7) is 9.43. The fraction of sp³-hybridized carbons (Fsp3) is 0.308. The Bertz CT molecular complexity index is 1990. The van der Waals surface area contributed by atoms with E-state index in [0.29, 0.717) is 55.7 Å². The van der Waals surface area contributed by atoms with Crippen LogP contribution in [0.5, 0.6) is 17.4 Å². The van der Waals surface area contributed by atoms with E-state index in [0.717, 1.165) is 26.7 Å². The predicted octanol–water partition coefficient (Wildman–Crippen LogP) is 7.88. The van der Waals surface area contributed by atoms with Gasteiger partial charge in [0.1, 0.15) is 33.2 Å². The third-order valence-corrected chi connectivity index (χ3v) is 9.46. The number of rotatable bonds is 9. The van der Waals surface area contributed by atoms with Gasteiger partial charge in [-0.15, -0.1) is 10.2 Å². The molecule has 5 aromatic rings. The van der Waals surface area contributed by atoms with Gasteiger partial charge < -0.3 is 24.0 Å². The Balaban J connectivity index is 1.10. The number of benzene rings is 3. The first kappa shape index (κ1) is 33.2. The molecule has 4 heterocycles. The molecule has 2 saturated heterocycles. The minimum Gasteiger partial charge on any atom is -0.471 e. The van der Waals surface area contributed by atoms with Crippen molar-refractivity contribution in [2.45, 2.75) is 58.3 Å². The average Bonchev–Trinajstić information content (AvgIpc) is 3.68. The second-order valence-electron chi connectivity index (χ2n) is 13.6. The topological polar surface area (TPSA) is 107 Å². The molecule has 3 aromatic carbocycles. The summed E-state index contributed by atoms with van der Waals surface area (Å²) in [6.07, 6.45) is -0.0305. The van der Waals surface area contributed by atoms with E-state index in [2.05, 4.69) is 22.3 Å². The quantitative estimate of drug-likeness (QED) is 0.154. The molecule has 0 radical (unpaired) electrons. The molecular weight excluding hydrogens is 651 g/mol. The first-order valence-electron chi connectivity index (χ1n) is 16.7. The van der Waals surface area contributed by atoms with Crippen molar-refractivity contribution in [3.8, 4) is 39.2 Å². The number of hydrogen-bond donors (Lipinski definition) is 0. The molecule has 11 heteroatoms. The normalized spacial score (nSPS) is 16.3. The number of likely N-dealkylation sites (tertiary alicyclic amines) is 2. The summed E-state index contributed by atoms with van der Waals surface area (Å²) in [5.41, 5.74) is 4.04. The Labute approximate surface area is 295 Å². The number of ether oxygens (including phenoxy) is 3. The number of hydrogen-bond acceptors (Lipinski definition) is 9. The van der Waals surface area contributed by atoms with Gasteiger partial charge >= 0.3 is 6.09 Å². The largest absolute Gasteiger partial charge is 0.471 e. The van der Waals surface area contributed by atoms with Crippen LogP contribution >= 0.6 is 11.3 Å². The molecular formula is C39H39N5O5S. The third-order valence-electron chi connectivity index (χ3n) is 8.58. The van der Waals surface area contributed by atoms with Gasteiger partial charge in [0, 0.05) is 48.2 Å². The lowest BCUT2D eigenvalue weighted by Gasteiger charge is -2.39. The SMILES string of the molecule is Cc1nnc(-c2ccc(Oc3cc(-c4cccc(OC5CN(C(=O)OC(C)(C)C)C5)n4)ccc3CN3C[C@H](c4ccccc4)CC3=O)cc2)s1. The molecule has 0 bridgehead atoms. The molecule has 1 atom stereocenters. The van der Waals surface area contributed by atoms with Gasteiger partial charge in [-0.1, -0.05) is 59.9 Å². The Hall–Kier alpha value is -5.29. The van der Waals surface area contributed by atoms with Crippen LogP contribution in [0.2, 0.25) is 0 Å². The predicted molar refractivity (Wildman–Crippen MR) is 191 cm³/mol. The van der Waals surface area contributed by atoms with Gasteiger partial charge in [-0.25, -0.2) is 9.78 Å². The van der Waals surface area contributed by atoms with Crippen molar-refractivity contribution in [3.05, 3.63) is 107 Å². The lowest BCUT2D eigenvalue weighted by molar-refractivity contribution is -0.128. The minimum absolute atomic E-state index is 0.123. The van der Waals surface area contributed by atoms with E-state index in [-0.39, 0.29) is 24.0 Å². The maximum Gasteiger partial charge on any atom is 0.410 e. The Morgan fingerprint density at radius 2 is 1.66 bits per heavy atom. The van der Waals surface area contributed by atoms with Crippen molar-refractivity contribution < 1.29 is 23.8 Å². The van der Waals surface area contributed by atoms with Crippen molar-refractivity contribution in [2.75, 3.05) is 19.6 Å². The van der Waals surface area contributed by atoms with Crippen molar-refractivity contribution in [3.63, 3.8) is 0 Å². The number of pyridine rings is 1. The van der Waals surface area contributed by atoms with Gasteiger partial charge in [-0.05, 0) is 69.7 Å². The highest BCUT2D eigenvalue weighted by Crippen LogP contribution is 2.36. The van der Waals surface area contributed by atoms with E-state index in [9.17, 15) is 9.59 Å². The van der Waals surface area contributed by atoms with Gasteiger partial charge in [-0.2, -0.15) is 0 Å². The fourth-order valence-electron chi connectivity index (χ4n) is 6.02. The second kappa shape index (κ2) is 13.9. The molecule has 2 fully saturated rings. The average molecular weight is 690 g/mol. The molecule has 0 N–H and O–H groups in total. The summed E-state index contributed by atoms with van der Waals surface area (Å²) in [6, 6.07) is 29.6. The molecule has 2 aromatic heterocycles. The number of carbonyl (C=O) groups is 2. The summed E-state index contributed by atoms with van der Waals surface area (Å²) in [5.74, 6) is 2.05. The summed E-state index contributed by atoms with van der Waals surface area (Å²) >= 11 is 1.54. The van der Waals surface area contributed by atoms with Gasteiger partial charge in [0.25, 0.3) is 0 Å². The lowest BCUT2D eigenvalue weighted by atomic mass is 9.98. The molecule has 0 saturated carbocycles. The monoisotopic (exact) mass is 689 g/mol. The van der Waals surface area contributed by atoms with E-state index in [1.807, 2.05) is 111 Å². The van der Waals surface area contributed by atoms with Crippen LogP contribution in [-0.2, 0) is 16.1 Å². The van der Waals surface area contributed by atoms with Gasteiger partial charge in [0.2, 0.25) is 11.8 Å². The molecule has 0 spiro atoms. The number of carbonyl (C=O) groups excluding carboxylic acids is 2. The molecule has 2 amide bonds. The van der Waals surface area contributed by atoms with Crippen molar-refractivity contribution in [1.82, 2.24) is 25.0 Å². The standard InChI is InChI=1S/C39H39N5O5S/c1-25-41-42-37(50-25)27-15-17-31(18-16-27)47-34-19-28(13-14-29(34)21-43-22-30(20-36(43)45)26-9-6-5-7-10-26)33-11-8-12-35(40-33)48-32-23-44(24-32)38(46)49-39(2,3)4/h5-19,30,32H,20-24H2,1-4H3/t30-/m1/s1. The molecule has 0 aliphatic carbocycles. The molecule has 0 unspecified atom stereocenters. The van der Waals surface area contributed by atoms with E-state index in [1.54, 1.807) is 16.2 Å². The smallest absolute Gasteiger partial charge is 0.410 e. The third kappa shape index (κ3) is 7.78. The first-order chi connectivity index (χ1) is 24.1. The highest BCUT2D eigenvalue weighted by Gasteiger charge is 2.35. The highest BCUT2D eigenvalue weighted by molar-refractivity contribution is 7.14. The second-order valence-corrected chi connectivity index (χ2v) is 14.8. The zero-order chi connectivity index (χ0) is 34.8. The van der Waals surface area contributed by atoms with Gasteiger partial charge in [0.15, 0.2) is 0 Å². The number of amides is 2. The van der Waals surface area contributed by atoms with Crippen LogP contribution in [0.4, 0.5) is 4.79 Å². The maximum absolute atomic E-state index is 13.2. The summed E-state index contributed by atoms with van der Waals surface area (Å²) in [7, 11) is 0. The van der Waals surface area contributed by atoms with Crippen LogP contribution in [0.15, 0.2) is 91.0 Å². The summed E-state index contributed by atoms with van der Waals surface area (Å²) in [4.78, 5) is 33.9. The van der Waals surface area contributed by atoms with Crippen molar-refractivity contribution >= 4 is 23.3 Å². The molecule has 2 aliphatic heterocycles. The van der Waals surface area contributed by atoms with E-state index < -0.39 is 5.60 Å². The van der Waals surface area contributed by atoms with E-state index in [1.165, 1.54) is 5.56 Å². The van der Waals surface area contributed by atoms with Crippen LogP contribution < -0.4 is 9.47 Å². The molecule has 2 aliphatic rings. The molecule has 256 valence electrons. The highest BCUT2D eigenvalue weighted by atomic mass is 32.1. The van der Waals surface area contributed by atoms with Crippen LogP contribution in [0.25, 0.3) is 21.8 Å². The van der Waals surface area contributed by atoms with Crippen LogP contribution in [0.3, 0.4) is 0 Å². The lowest BCUT2D eigenvalue weighted by Crippen LogP contribution is -2.57. The van der Waals surface area contributed by atoms with Gasteiger partial charge in [-0.3, -0.25) is 4.79 Å². The zero-order valence-electron chi connectivity index (χ0n) is 28.5. The zero-order valence-corrected chi connectivity index (χ0v) is 29.4. The molecule has 7 rings (SSSR count). The Kier molecular flexibility index (Phi) is 9.24. The summed E-state index contributed by atoms with van der Waals surface area (Å²) < 4.78 is 18.1. The van der Waals surface area contributed by atoms with Gasteiger partial charge in [0.05, 0.1) is 18.8 Å². The first-order valence-corrected chi connectivity index (χ1v) is 17.5. The molecule has 10 nitrogen and oxygen atoms in total. The number of nitrogens with zero attached hydrogens (tertiary/aromatic N) is 5. The Morgan fingerprint density at radius 1 is 0.900 bits per heavy atom. The molecule has 50 heavy (non-hydrogen) atoms. The van der Waals surface area contributed by atoms with Crippen LogP contribution in [0, 0.1) is 6.92 Å². The summed E-state index contributed by atoms with van der Waals surface area (Å²) in [5, 5.41) is 10.2. The fourth-order valence-corrected chi connectivity index (χ4v) is 6.72. The minimum atomic E-state index is -0.548. The van der Waals surface area contributed by atoms with Crippen molar-refractivity contribution in [2.24, 2.45) is 0 Å². The van der Waals surface area contributed by atoms with Crippen LogP contribution in [0.1, 0.15) is 49.2 Å².